The molecule has 126 valence electrons. The van der Waals surface area contributed by atoms with Gasteiger partial charge in [-0.25, -0.2) is 0 Å². The zero-order valence-electron chi connectivity index (χ0n) is 14.4. The molecule has 0 saturated heterocycles. The maximum atomic E-state index is 11.8. The number of carbonyl (C=O) groups is 1. The van der Waals surface area contributed by atoms with E-state index < -0.39 is 0 Å². The lowest BCUT2D eigenvalue weighted by Crippen LogP contribution is -2.26. The predicted molar refractivity (Wildman–Crippen MR) is 90.3 cm³/mol. The summed E-state index contributed by atoms with van der Waals surface area (Å²) >= 11 is 0. The third kappa shape index (κ3) is 12.9. The van der Waals surface area contributed by atoms with Gasteiger partial charge in [0.05, 0.1) is 12.5 Å². The van der Waals surface area contributed by atoms with Gasteiger partial charge in [0.2, 0.25) is 0 Å². The van der Waals surface area contributed by atoms with Crippen molar-refractivity contribution in [3.8, 4) is 0 Å². The fraction of sp³-hybridized carbons (Fsp3) is 0.944. The molecule has 3 heteroatoms. The zero-order valence-corrected chi connectivity index (χ0v) is 14.4. The van der Waals surface area contributed by atoms with Crippen molar-refractivity contribution >= 4 is 5.97 Å². The van der Waals surface area contributed by atoms with Gasteiger partial charge in [0.15, 0.2) is 0 Å². The lowest BCUT2D eigenvalue weighted by Gasteiger charge is -2.13. The maximum absolute atomic E-state index is 11.8. The smallest absolute Gasteiger partial charge is 0.310 e. The lowest BCUT2D eigenvalue weighted by atomic mass is 10.0. The molecule has 2 N–H and O–H groups in total. The van der Waals surface area contributed by atoms with Gasteiger partial charge in [-0.15, -0.1) is 0 Å². The molecular weight excluding hydrogens is 262 g/mol. The molecule has 0 rings (SSSR count). The Labute approximate surface area is 132 Å². The Morgan fingerprint density at radius 2 is 1.38 bits per heavy atom. The summed E-state index contributed by atoms with van der Waals surface area (Å²) in [6, 6.07) is 0. The van der Waals surface area contributed by atoms with E-state index in [4.69, 9.17) is 10.5 Å². The van der Waals surface area contributed by atoms with Crippen LogP contribution < -0.4 is 5.73 Å². The summed E-state index contributed by atoms with van der Waals surface area (Å²) in [6.07, 6.45) is 14.6. The first-order chi connectivity index (χ1) is 10.3. The van der Waals surface area contributed by atoms with E-state index in [0.717, 1.165) is 25.7 Å². The van der Waals surface area contributed by atoms with Gasteiger partial charge < -0.3 is 10.5 Å². The van der Waals surface area contributed by atoms with Crippen molar-refractivity contribution in [3.63, 3.8) is 0 Å². The topological polar surface area (TPSA) is 52.3 Å². The molecule has 1 atom stereocenters. The predicted octanol–water partition coefficient (Wildman–Crippen LogP) is 4.83. The average molecular weight is 299 g/mol. The summed E-state index contributed by atoms with van der Waals surface area (Å²) in [5.41, 5.74) is 5.63. The van der Waals surface area contributed by atoms with Crippen LogP contribution in [0.5, 0.6) is 0 Å². The van der Waals surface area contributed by atoms with Crippen molar-refractivity contribution in [2.45, 2.75) is 90.9 Å². The maximum Gasteiger partial charge on any atom is 0.310 e. The van der Waals surface area contributed by atoms with E-state index in [0.29, 0.717) is 13.2 Å². The van der Waals surface area contributed by atoms with Gasteiger partial charge in [-0.05, 0) is 12.8 Å². The van der Waals surface area contributed by atoms with Crippen LogP contribution in [-0.2, 0) is 9.53 Å². The number of hydrogen-bond donors (Lipinski definition) is 1. The standard InChI is InChI=1S/C18H37NO2/c1-3-5-7-8-9-10-11-12-13-15-21-18(20)17(16-19)14-6-4-2/h17H,3-16,19H2,1-2H3. The van der Waals surface area contributed by atoms with Crippen LogP contribution in [0.2, 0.25) is 0 Å². The Bertz CT molecular complexity index is 231. The van der Waals surface area contributed by atoms with Crippen molar-refractivity contribution in [1.82, 2.24) is 0 Å². The molecule has 0 aromatic rings. The van der Waals surface area contributed by atoms with Gasteiger partial charge in [-0.3, -0.25) is 4.79 Å². The van der Waals surface area contributed by atoms with Crippen LogP contribution in [0.15, 0.2) is 0 Å². The molecule has 0 aromatic carbocycles. The number of rotatable bonds is 15. The van der Waals surface area contributed by atoms with Crippen molar-refractivity contribution in [3.05, 3.63) is 0 Å². The molecule has 0 saturated carbocycles. The normalized spacial score (nSPS) is 12.3. The number of hydrogen-bond acceptors (Lipinski definition) is 3. The summed E-state index contributed by atoms with van der Waals surface area (Å²) in [6.45, 7) is 5.35. The zero-order chi connectivity index (χ0) is 15.8. The number of carbonyl (C=O) groups excluding carboxylic acids is 1. The summed E-state index contributed by atoms with van der Waals surface area (Å²) in [4.78, 5) is 11.8. The monoisotopic (exact) mass is 299 g/mol. The second-order valence-corrected chi connectivity index (χ2v) is 6.07. The molecular formula is C18H37NO2. The third-order valence-corrected chi connectivity index (χ3v) is 4.02. The third-order valence-electron chi connectivity index (χ3n) is 4.02. The van der Waals surface area contributed by atoms with Gasteiger partial charge in [0.25, 0.3) is 0 Å². The minimum absolute atomic E-state index is 0.0921. The molecule has 0 radical (unpaired) electrons. The van der Waals surface area contributed by atoms with Crippen LogP contribution in [-0.4, -0.2) is 19.1 Å². The summed E-state index contributed by atoms with van der Waals surface area (Å²) in [5.74, 6) is -0.186. The molecule has 0 spiro atoms. The molecule has 0 aliphatic carbocycles. The highest BCUT2D eigenvalue weighted by Gasteiger charge is 2.17. The van der Waals surface area contributed by atoms with Crippen molar-refractivity contribution in [2.75, 3.05) is 13.2 Å². The molecule has 0 fully saturated rings. The largest absolute Gasteiger partial charge is 0.465 e. The average Bonchev–Trinajstić information content (AvgIpc) is 2.50. The van der Waals surface area contributed by atoms with Crippen molar-refractivity contribution in [2.24, 2.45) is 11.7 Å². The van der Waals surface area contributed by atoms with Gasteiger partial charge >= 0.3 is 5.97 Å². The van der Waals surface area contributed by atoms with Crippen LogP contribution in [0.3, 0.4) is 0 Å². The molecule has 0 bridgehead atoms. The second kappa shape index (κ2) is 15.8. The molecule has 0 aromatic heterocycles. The van der Waals surface area contributed by atoms with E-state index in [1.807, 2.05) is 0 Å². The molecule has 1 unspecified atom stereocenters. The fourth-order valence-corrected chi connectivity index (χ4v) is 2.49. The van der Waals surface area contributed by atoms with Crippen molar-refractivity contribution < 1.29 is 9.53 Å². The van der Waals surface area contributed by atoms with Gasteiger partial charge in [0, 0.05) is 6.54 Å². The highest BCUT2D eigenvalue weighted by atomic mass is 16.5. The molecule has 0 aliphatic rings. The summed E-state index contributed by atoms with van der Waals surface area (Å²) < 4.78 is 5.33. The number of esters is 1. The molecule has 21 heavy (non-hydrogen) atoms. The van der Waals surface area contributed by atoms with Crippen LogP contribution in [0.25, 0.3) is 0 Å². The first-order valence-corrected chi connectivity index (χ1v) is 9.12. The molecule has 3 nitrogen and oxygen atoms in total. The first kappa shape index (κ1) is 20.4. The van der Waals surface area contributed by atoms with Crippen LogP contribution in [0.4, 0.5) is 0 Å². The summed E-state index contributed by atoms with van der Waals surface area (Å²) in [7, 11) is 0. The highest BCUT2D eigenvalue weighted by Crippen LogP contribution is 2.11. The van der Waals surface area contributed by atoms with Crippen LogP contribution >= 0.6 is 0 Å². The SMILES string of the molecule is CCCCCCCCCCCOC(=O)C(CN)CCCC. The Hall–Kier alpha value is -0.570. The summed E-state index contributed by atoms with van der Waals surface area (Å²) in [5, 5.41) is 0. The molecule has 0 aliphatic heterocycles. The van der Waals surface area contributed by atoms with Crippen molar-refractivity contribution in [1.29, 1.82) is 0 Å². The van der Waals surface area contributed by atoms with Gasteiger partial charge in [-0.2, -0.15) is 0 Å². The minimum Gasteiger partial charge on any atom is -0.465 e. The Morgan fingerprint density at radius 1 is 0.857 bits per heavy atom. The lowest BCUT2D eigenvalue weighted by molar-refractivity contribution is -0.148. The van der Waals surface area contributed by atoms with E-state index in [-0.39, 0.29) is 11.9 Å². The van der Waals surface area contributed by atoms with Gasteiger partial charge in [0.1, 0.15) is 0 Å². The Kier molecular flexibility index (Phi) is 15.4. The Balaban J connectivity index is 3.38. The van der Waals surface area contributed by atoms with E-state index in [2.05, 4.69) is 13.8 Å². The highest BCUT2D eigenvalue weighted by molar-refractivity contribution is 5.72. The Morgan fingerprint density at radius 3 is 1.90 bits per heavy atom. The number of unbranched alkanes of at least 4 members (excludes halogenated alkanes) is 9. The quantitative estimate of drug-likeness (QED) is 0.348. The van der Waals surface area contributed by atoms with E-state index in [1.165, 1.54) is 51.4 Å². The number of nitrogens with two attached hydrogens (primary N) is 1. The van der Waals surface area contributed by atoms with E-state index in [1.54, 1.807) is 0 Å². The van der Waals surface area contributed by atoms with E-state index in [9.17, 15) is 4.79 Å². The van der Waals surface area contributed by atoms with Gasteiger partial charge in [-0.1, -0.05) is 78.1 Å². The van der Waals surface area contributed by atoms with Crippen LogP contribution in [0, 0.1) is 5.92 Å². The number of ether oxygens (including phenoxy) is 1. The first-order valence-electron chi connectivity index (χ1n) is 9.12. The minimum atomic E-state index is -0.0940. The fourth-order valence-electron chi connectivity index (χ4n) is 2.49. The van der Waals surface area contributed by atoms with Crippen LogP contribution in [0.1, 0.15) is 90.9 Å². The molecule has 0 amide bonds. The molecule has 0 heterocycles. The van der Waals surface area contributed by atoms with E-state index >= 15 is 0 Å². The second-order valence-electron chi connectivity index (χ2n) is 6.07.